The predicted octanol–water partition coefficient (Wildman–Crippen LogP) is 3.74. The minimum absolute atomic E-state index is 0.240. The fourth-order valence-corrected chi connectivity index (χ4v) is 5.11. The first-order valence-corrected chi connectivity index (χ1v) is 12.2. The summed E-state index contributed by atoms with van der Waals surface area (Å²) >= 11 is 0. The van der Waals surface area contributed by atoms with Crippen molar-refractivity contribution in [3.05, 3.63) is 59.7 Å². The molecule has 0 unspecified atom stereocenters. The number of likely N-dealkylation sites (tertiary alicyclic amines) is 1. The number of aromatic hydroxyl groups is 1. The van der Waals surface area contributed by atoms with Gasteiger partial charge in [-0.15, -0.1) is 0 Å². The number of phenolic OH excluding ortho intramolecular Hbond substituents is 1. The van der Waals surface area contributed by atoms with Crippen molar-refractivity contribution in [2.24, 2.45) is 5.92 Å². The van der Waals surface area contributed by atoms with Crippen LogP contribution in [0.5, 0.6) is 11.5 Å². The number of carbonyl (C=O) groups is 1. The van der Waals surface area contributed by atoms with Crippen molar-refractivity contribution in [2.75, 3.05) is 46.4 Å². The van der Waals surface area contributed by atoms with Crippen LogP contribution >= 0.6 is 0 Å². The Morgan fingerprint density at radius 1 is 0.970 bits per heavy atom. The van der Waals surface area contributed by atoms with Crippen LogP contribution in [0, 0.1) is 5.92 Å². The summed E-state index contributed by atoms with van der Waals surface area (Å²) in [4.78, 5) is 19.7. The highest BCUT2D eigenvalue weighted by Gasteiger charge is 2.25. The normalized spacial score (nSPS) is 20.0. The molecule has 178 valence electrons. The van der Waals surface area contributed by atoms with Crippen LogP contribution in [0.15, 0.2) is 48.5 Å². The standard InChI is InChI=1S/C27H37N3O3/c1-33-25-11-5-10-24(27(25)32)21-29-14-6-9-23(20-29)12-13-26(31)30-17-15-28(16-18-30)19-22-7-3-2-4-8-22/h2-5,7-8,10-11,23,32H,6,9,12-21H2,1H3/t23-/m0/s1. The molecule has 0 bridgehead atoms. The van der Waals surface area contributed by atoms with E-state index in [1.165, 1.54) is 12.0 Å². The maximum absolute atomic E-state index is 12.8. The minimum Gasteiger partial charge on any atom is -0.504 e. The molecular weight excluding hydrogens is 414 g/mol. The summed E-state index contributed by atoms with van der Waals surface area (Å²) in [5.74, 6) is 1.60. The second-order valence-electron chi connectivity index (χ2n) is 9.39. The van der Waals surface area contributed by atoms with Gasteiger partial charge in [0, 0.05) is 57.8 Å². The number of benzene rings is 2. The van der Waals surface area contributed by atoms with Gasteiger partial charge >= 0.3 is 0 Å². The summed E-state index contributed by atoms with van der Waals surface area (Å²) < 4.78 is 5.24. The van der Waals surface area contributed by atoms with Gasteiger partial charge in [0.25, 0.3) is 0 Å². The highest BCUT2D eigenvalue weighted by atomic mass is 16.5. The van der Waals surface area contributed by atoms with Crippen molar-refractivity contribution in [1.82, 2.24) is 14.7 Å². The van der Waals surface area contributed by atoms with Gasteiger partial charge in [0.05, 0.1) is 7.11 Å². The molecular formula is C27H37N3O3. The number of methoxy groups -OCH3 is 1. The second-order valence-corrected chi connectivity index (χ2v) is 9.39. The zero-order valence-electron chi connectivity index (χ0n) is 19.8. The van der Waals surface area contributed by atoms with Crippen LogP contribution in [0.25, 0.3) is 0 Å². The summed E-state index contributed by atoms with van der Waals surface area (Å²) in [7, 11) is 1.58. The summed E-state index contributed by atoms with van der Waals surface area (Å²) in [6.45, 7) is 7.25. The highest BCUT2D eigenvalue weighted by molar-refractivity contribution is 5.76. The van der Waals surface area contributed by atoms with E-state index in [1.807, 2.05) is 18.2 Å². The van der Waals surface area contributed by atoms with E-state index in [0.717, 1.165) is 70.8 Å². The van der Waals surface area contributed by atoms with E-state index in [1.54, 1.807) is 13.2 Å². The van der Waals surface area contributed by atoms with Crippen LogP contribution in [-0.2, 0) is 17.9 Å². The van der Waals surface area contributed by atoms with E-state index in [2.05, 4.69) is 39.0 Å². The maximum atomic E-state index is 12.8. The lowest BCUT2D eigenvalue weighted by Gasteiger charge is -2.36. The number of nitrogens with zero attached hydrogens (tertiary/aromatic N) is 3. The Morgan fingerprint density at radius 2 is 1.76 bits per heavy atom. The first-order chi connectivity index (χ1) is 16.1. The number of carbonyl (C=O) groups excluding carboxylic acids is 1. The van der Waals surface area contributed by atoms with Crippen LogP contribution in [-0.4, -0.2) is 72.1 Å². The molecule has 4 rings (SSSR count). The molecule has 6 heteroatoms. The van der Waals surface area contributed by atoms with Crippen LogP contribution in [0.2, 0.25) is 0 Å². The van der Waals surface area contributed by atoms with Crippen LogP contribution in [0.3, 0.4) is 0 Å². The van der Waals surface area contributed by atoms with Crippen molar-refractivity contribution in [1.29, 1.82) is 0 Å². The molecule has 2 saturated heterocycles. The van der Waals surface area contributed by atoms with E-state index in [-0.39, 0.29) is 5.75 Å². The van der Waals surface area contributed by atoms with E-state index in [4.69, 9.17) is 4.74 Å². The van der Waals surface area contributed by atoms with Crippen molar-refractivity contribution < 1.29 is 14.6 Å². The van der Waals surface area contributed by atoms with E-state index >= 15 is 0 Å². The quantitative estimate of drug-likeness (QED) is 0.663. The van der Waals surface area contributed by atoms with Crippen molar-refractivity contribution >= 4 is 5.91 Å². The van der Waals surface area contributed by atoms with Crippen LogP contribution in [0.1, 0.15) is 36.8 Å². The molecule has 1 amide bonds. The number of hydrogen-bond acceptors (Lipinski definition) is 5. The number of rotatable bonds is 8. The van der Waals surface area contributed by atoms with Gasteiger partial charge in [-0.1, -0.05) is 42.5 Å². The Labute approximate surface area is 197 Å². The third kappa shape index (κ3) is 6.49. The number of phenols is 1. The molecule has 0 radical (unpaired) electrons. The van der Waals surface area contributed by atoms with E-state index in [0.29, 0.717) is 24.0 Å². The second kappa shape index (κ2) is 11.5. The van der Waals surface area contributed by atoms with Crippen LogP contribution in [0.4, 0.5) is 0 Å². The van der Waals surface area contributed by atoms with Crippen molar-refractivity contribution in [2.45, 2.75) is 38.8 Å². The first kappa shape index (κ1) is 23.6. The summed E-state index contributed by atoms with van der Waals surface area (Å²) in [6, 6.07) is 16.2. The maximum Gasteiger partial charge on any atom is 0.222 e. The van der Waals surface area contributed by atoms with E-state index < -0.39 is 0 Å². The third-order valence-corrected chi connectivity index (χ3v) is 7.04. The zero-order valence-corrected chi connectivity index (χ0v) is 19.8. The van der Waals surface area contributed by atoms with Gasteiger partial charge in [0.1, 0.15) is 0 Å². The molecule has 2 aromatic carbocycles. The van der Waals surface area contributed by atoms with Crippen molar-refractivity contribution in [3.8, 4) is 11.5 Å². The molecule has 2 fully saturated rings. The zero-order chi connectivity index (χ0) is 23.0. The SMILES string of the molecule is COc1cccc(CN2CCC[C@@H](CCC(=O)N3CCN(Cc4ccccc4)CC3)C2)c1O. The van der Waals surface area contributed by atoms with Gasteiger partial charge in [-0.2, -0.15) is 0 Å². The molecule has 0 aromatic heterocycles. The molecule has 0 spiro atoms. The number of hydrogen-bond donors (Lipinski definition) is 1. The molecule has 1 N–H and O–H groups in total. The van der Waals surface area contributed by atoms with E-state index in [9.17, 15) is 9.90 Å². The minimum atomic E-state index is 0.240. The Bertz CT molecular complexity index is 897. The summed E-state index contributed by atoms with van der Waals surface area (Å²) in [5, 5.41) is 10.4. The Kier molecular flexibility index (Phi) is 8.24. The van der Waals surface area contributed by atoms with Gasteiger partial charge in [-0.3, -0.25) is 14.6 Å². The number of amides is 1. The number of piperidine rings is 1. The molecule has 2 heterocycles. The molecule has 1 atom stereocenters. The van der Waals surface area contributed by atoms with Gasteiger partial charge in [-0.25, -0.2) is 0 Å². The number of para-hydroxylation sites is 1. The average molecular weight is 452 g/mol. The lowest BCUT2D eigenvalue weighted by Crippen LogP contribution is -2.48. The molecule has 2 aromatic rings. The monoisotopic (exact) mass is 451 g/mol. The fourth-order valence-electron chi connectivity index (χ4n) is 5.11. The number of ether oxygens (including phenoxy) is 1. The fraction of sp³-hybridized carbons (Fsp3) is 0.519. The molecule has 33 heavy (non-hydrogen) atoms. The smallest absolute Gasteiger partial charge is 0.222 e. The Hall–Kier alpha value is -2.57. The van der Waals surface area contributed by atoms with Gasteiger partial charge in [0.2, 0.25) is 5.91 Å². The first-order valence-electron chi connectivity index (χ1n) is 12.2. The molecule has 2 aliphatic heterocycles. The summed E-state index contributed by atoms with van der Waals surface area (Å²) in [5.41, 5.74) is 2.24. The van der Waals surface area contributed by atoms with Crippen LogP contribution < -0.4 is 4.74 Å². The third-order valence-electron chi connectivity index (χ3n) is 7.04. The molecule has 2 aliphatic rings. The average Bonchev–Trinajstić information content (AvgIpc) is 2.85. The lowest BCUT2D eigenvalue weighted by molar-refractivity contribution is -0.133. The van der Waals surface area contributed by atoms with Gasteiger partial charge in [-0.05, 0) is 43.4 Å². The summed E-state index contributed by atoms with van der Waals surface area (Å²) in [6.07, 6.45) is 3.91. The largest absolute Gasteiger partial charge is 0.504 e. The highest BCUT2D eigenvalue weighted by Crippen LogP contribution is 2.31. The molecule has 0 aliphatic carbocycles. The number of piperazine rings is 1. The lowest BCUT2D eigenvalue weighted by atomic mass is 9.92. The Balaban J connectivity index is 1.19. The molecule has 0 saturated carbocycles. The predicted molar refractivity (Wildman–Crippen MR) is 130 cm³/mol. The van der Waals surface area contributed by atoms with Crippen molar-refractivity contribution in [3.63, 3.8) is 0 Å². The Morgan fingerprint density at radius 3 is 2.52 bits per heavy atom. The van der Waals surface area contributed by atoms with Gasteiger partial charge in [0.15, 0.2) is 11.5 Å². The topological polar surface area (TPSA) is 56.2 Å². The van der Waals surface area contributed by atoms with Gasteiger partial charge < -0.3 is 14.7 Å². The molecule has 6 nitrogen and oxygen atoms in total.